The lowest BCUT2D eigenvalue weighted by molar-refractivity contribution is -0.125. The van der Waals surface area contributed by atoms with E-state index < -0.39 is 17.3 Å². The molecule has 0 heterocycles. The first-order chi connectivity index (χ1) is 8.20. The van der Waals surface area contributed by atoms with Gasteiger partial charge >= 0.3 is 0 Å². The zero-order valence-corrected chi connectivity index (χ0v) is 11.7. The second kappa shape index (κ2) is 4.32. The van der Waals surface area contributed by atoms with E-state index in [-0.39, 0.29) is 17.8 Å². The van der Waals surface area contributed by atoms with Crippen molar-refractivity contribution in [3.05, 3.63) is 12.2 Å². The van der Waals surface area contributed by atoms with Crippen molar-refractivity contribution in [1.29, 1.82) is 0 Å². The Hall–Kier alpha value is -0.380. The van der Waals surface area contributed by atoms with Gasteiger partial charge in [0.1, 0.15) is 0 Å². The van der Waals surface area contributed by atoms with Crippen LogP contribution in [0.1, 0.15) is 46.5 Å². The monoisotopic (exact) mass is 254 g/mol. The molecule has 3 heteroatoms. The average Bonchev–Trinajstić information content (AvgIpc) is 2.64. The summed E-state index contributed by atoms with van der Waals surface area (Å²) in [5, 5.41) is 32.0. The maximum atomic E-state index is 10.8. The van der Waals surface area contributed by atoms with E-state index in [1.165, 1.54) is 0 Å². The van der Waals surface area contributed by atoms with Crippen LogP contribution >= 0.6 is 0 Å². The van der Waals surface area contributed by atoms with Gasteiger partial charge in [-0.15, -0.1) is 0 Å². The van der Waals surface area contributed by atoms with Crippen molar-refractivity contribution in [2.45, 2.75) is 63.8 Å². The molecule has 0 saturated heterocycles. The van der Waals surface area contributed by atoms with Crippen LogP contribution in [0.5, 0.6) is 0 Å². The number of rotatable bonds is 1. The molecule has 2 aliphatic carbocycles. The standard InChI is InChI=1S/C15H26O3/c1-9(2)15(18)8-7-14(4,17)11-6-5-10(3)12(11)13(15)16/h9,11-13,16-18H,3,5-8H2,1-2,4H3. The minimum absolute atomic E-state index is 0.0211. The maximum Gasteiger partial charge on any atom is 0.0935 e. The van der Waals surface area contributed by atoms with Crippen molar-refractivity contribution in [3.8, 4) is 0 Å². The molecule has 0 aromatic carbocycles. The normalized spacial score (nSPS) is 49.3. The first-order valence-corrected chi connectivity index (χ1v) is 7.00. The minimum Gasteiger partial charge on any atom is -0.390 e. The second-order valence-corrected chi connectivity index (χ2v) is 6.78. The molecule has 0 aromatic rings. The fraction of sp³-hybridized carbons (Fsp3) is 0.867. The molecule has 104 valence electrons. The first-order valence-electron chi connectivity index (χ1n) is 7.00. The lowest BCUT2D eigenvalue weighted by Crippen LogP contribution is -2.50. The smallest absolute Gasteiger partial charge is 0.0935 e. The van der Waals surface area contributed by atoms with Gasteiger partial charge in [0.2, 0.25) is 0 Å². The van der Waals surface area contributed by atoms with Gasteiger partial charge in [-0.2, -0.15) is 0 Å². The SMILES string of the molecule is C=C1CCC2C1C(O)C(O)(C(C)C)CCC2(C)O. The van der Waals surface area contributed by atoms with E-state index in [0.29, 0.717) is 12.8 Å². The molecule has 2 saturated carbocycles. The summed E-state index contributed by atoms with van der Waals surface area (Å²) in [6.07, 6.45) is 1.87. The molecule has 0 aliphatic heterocycles. The predicted molar refractivity (Wildman–Crippen MR) is 71.0 cm³/mol. The summed E-state index contributed by atoms with van der Waals surface area (Å²) in [5.74, 6) is -0.182. The largest absolute Gasteiger partial charge is 0.390 e. The van der Waals surface area contributed by atoms with Crippen LogP contribution in [0.25, 0.3) is 0 Å². The van der Waals surface area contributed by atoms with E-state index in [4.69, 9.17) is 0 Å². The molecular formula is C15H26O3. The van der Waals surface area contributed by atoms with Gasteiger partial charge in [0.25, 0.3) is 0 Å². The van der Waals surface area contributed by atoms with Crippen LogP contribution in [0, 0.1) is 17.8 Å². The Balaban J connectivity index is 2.42. The van der Waals surface area contributed by atoms with Gasteiger partial charge in [0.15, 0.2) is 0 Å². The average molecular weight is 254 g/mol. The summed E-state index contributed by atoms with van der Waals surface area (Å²) in [5.41, 5.74) is -0.949. The predicted octanol–water partition coefficient (Wildman–Crippen LogP) is 1.86. The zero-order valence-electron chi connectivity index (χ0n) is 11.7. The molecule has 2 fully saturated rings. The van der Waals surface area contributed by atoms with Crippen LogP contribution in [0.15, 0.2) is 12.2 Å². The third kappa shape index (κ3) is 1.93. The highest BCUT2D eigenvalue weighted by atomic mass is 16.3. The maximum absolute atomic E-state index is 10.8. The van der Waals surface area contributed by atoms with Crippen LogP contribution in [-0.2, 0) is 0 Å². The minimum atomic E-state index is -1.11. The number of aliphatic hydroxyl groups is 3. The molecule has 0 aromatic heterocycles. The van der Waals surface area contributed by atoms with Crippen molar-refractivity contribution >= 4 is 0 Å². The highest BCUT2D eigenvalue weighted by molar-refractivity contribution is 5.19. The van der Waals surface area contributed by atoms with Crippen LogP contribution in [0.3, 0.4) is 0 Å². The van der Waals surface area contributed by atoms with Crippen molar-refractivity contribution in [3.63, 3.8) is 0 Å². The molecule has 5 atom stereocenters. The summed E-state index contributed by atoms with van der Waals surface area (Å²) < 4.78 is 0. The fourth-order valence-corrected chi connectivity index (χ4v) is 3.84. The van der Waals surface area contributed by atoms with E-state index in [9.17, 15) is 15.3 Å². The molecule has 2 rings (SSSR count). The first kappa shape index (κ1) is 14.0. The van der Waals surface area contributed by atoms with Gasteiger partial charge < -0.3 is 15.3 Å². The molecule has 3 N–H and O–H groups in total. The van der Waals surface area contributed by atoms with E-state index >= 15 is 0 Å². The Morgan fingerprint density at radius 3 is 2.44 bits per heavy atom. The van der Waals surface area contributed by atoms with Crippen LogP contribution in [0.2, 0.25) is 0 Å². The Morgan fingerprint density at radius 1 is 1.28 bits per heavy atom. The van der Waals surface area contributed by atoms with E-state index in [2.05, 4.69) is 6.58 Å². The van der Waals surface area contributed by atoms with Gasteiger partial charge in [-0.05, 0) is 44.4 Å². The van der Waals surface area contributed by atoms with Crippen molar-refractivity contribution in [2.24, 2.45) is 17.8 Å². The number of hydrogen-bond acceptors (Lipinski definition) is 3. The lowest BCUT2D eigenvalue weighted by Gasteiger charge is -2.39. The fourth-order valence-electron chi connectivity index (χ4n) is 3.84. The van der Waals surface area contributed by atoms with Crippen LogP contribution in [-0.4, -0.2) is 32.6 Å². The summed E-state index contributed by atoms with van der Waals surface area (Å²) >= 11 is 0. The Labute approximate surface area is 110 Å². The van der Waals surface area contributed by atoms with Gasteiger partial charge in [0, 0.05) is 5.92 Å². The molecule has 0 radical (unpaired) electrons. The second-order valence-electron chi connectivity index (χ2n) is 6.78. The lowest BCUT2D eigenvalue weighted by atomic mass is 9.74. The van der Waals surface area contributed by atoms with Crippen molar-refractivity contribution < 1.29 is 15.3 Å². The van der Waals surface area contributed by atoms with Crippen LogP contribution < -0.4 is 0 Å². The molecule has 18 heavy (non-hydrogen) atoms. The number of fused-ring (bicyclic) bond motifs is 1. The summed E-state index contributed by atoms with van der Waals surface area (Å²) in [6.45, 7) is 9.73. The third-order valence-electron chi connectivity index (χ3n) is 5.36. The molecule has 5 unspecified atom stereocenters. The summed E-state index contributed by atoms with van der Waals surface area (Å²) in [6, 6.07) is 0. The summed E-state index contributed by atoms with van der Waals surface area (Å²) in [7, 11) is 0. The molecule has 0 amide bonds. The molecule has 2 aliphatic rings. The number of hydrogen-bond donors (Lipinski definition) is 3. The van der Waals surface area contributed by atoms with E-state index in [1.807, 2.05) is 20.8 Å². The van der Waals surface area contributed by atoms with Gasteiger partial charge in [-0.1, -0.05) is 26.0 Å². The molecule has 0 spiro atoms. The molecular weight excluding hydrogens is 228 g/mol. The quantitative estimate of drug-likeness (QED) is 0.626. The Morgan fingerprint density at radius 2 is 1.89 bits per heavy atom. The zero-order chi connectivity index (χ0) is 13.7. The van der Waals surface area contributed by atoms with Gasteiger partial charge in [-0.25, -0.2) is 0 Å². The molecule has 3 nitrogen and oxygen atoms in total. The summed E-state index contributed by atoms with van der Waals surface area (Å²) in [4.78, 5) is 0. The number of aliphatic hydroxyl groups excluding tert-OH is 1. The van der Waals surface area contributed by atoms with Gasteiger partial charge in [0.05, 0.1) is 17.3 Å². The highest BCUT2D eigenvalue weighted by Crippen LogP contribution is 2.51. The van der Waals surface area contributed by atoms with Gasteiger partial charge in [-0.3, -0.25) is 0 Å². The molecule has 0 bridgehead atoms. The Kier molecular flexibility index (Phi) is 3.37. The highest BCUT2D eigenvalue weighted by Gasteiger charge is 2.55. The van der Waals surface area contributed by atoms with Crippen molar-refractivity contribution in [2.75, 3.05) is 0 Å². The van der Waals surface area contributed by atoms with E-state index in [0.717, 1.165) is 18.4 Å². The topological polar surface area (TPSA) is 60.7 Å². The van der Waals surface area contributed by atoms with Crippen LogP contribution in [0.4, 0.5) is 0 Å². The van der Waals surface area contributed by atoms with E-state index in [1.54, 1.807) is 0 Å². The van der Waals surface area contributed by atoms with Crippen molar-refractivity contribution in [1.82, 2.24) is 0 Å². The Bertz CT molecular complexity index is 348. The third-order valence-corrected chi connectivity index (χ3v) is 5.36.